The first kappa shape index (κ1) is 17.3. The Balaban J connectivity index is 1.43. The summed E-state index contributed by atoms with van der Waals surface area (Å²) >= 11 is 0. The molecule has 1 aromatic rings. The Hall–Kier alpha value is -1.55. The second kappa shape index (κ2) is 8.02. The summed E-state index contributed by atoms with van der Waals surface area (Å²) in [7, 11) is 0. The van der Waals surface area contributed by atoms with Crippen molar-refractivity contribution in [1.82, 2.24) is 9.80 Å². The summed E-state index contributed by atoms with van der Waals surface area (Å²) in [6.07, 6.45) is 6.71. The van der Waals surface area contributed by atoms with Gasteiger partial charge >= 0.3 is 0 Å². The van der Waals surface area contributed by atoms with E-state index in [1.165, 1.54) is 25.7 Å². The second-order valence-corrected chi connectivity index (χ2v) is 7.53. The number of nitrogen functional groups attached to an aromatic ring is 1. The number of nitrogens with two attached hydrogens (primary N) is 1. The van der Waals surface area contributed by atoms with Crippen molar-refractivity contribution in [3.63, 3.8) is 0 Å². The minimum atomic E-state index is 0.273. The summed E-state index contributed by atoms with van der Waals surface area (Å²) in [5.74, 6) is 1.17. The maximum Gasteiger partial charge on any atom is 0.222 e. The monoisotopic (exact) mass is 329 g/mol. The molecule has 0 atom stereocenters. The molecule has 0 radical (unpaired) electrons. The van der Waals surface area contributed by atoms with Gasteiger partial charge in [-0.05, 0) is 49.7 Å². The molecule has 0 unspecified atom stereocenters. The zero-order chi connectivity index (χ0) is 16.9. The van der Waals surface area contributed by atoms with Gasteiger partial charge in [0.1, 0.15) is 0 Å². The van der Waals surface area contributed by atoms with E-state index >= 15 is 0 Å². The largest absolute Gasteiger partial charge is 0.399 e. The number of para-hydroxylation sites is 1. The number of hydrogen-bond acceptors (Lipinski definition) is 3. The highest BCUT2D eigenvalue weighted by atomic mass is 16.2. The molecule has 1 heterocycles. The Labute approximate surface area is 146 Å². The lowest BCUT2D eigenvalue weighted by atomic mass is 9.86. The van der Waals surface area contributed by atoms with Crippen LogP contribution >= 0.6 is 0 Å². The smallest absolute Gasteiger partial charge is 0.222 e. The molecule has 1 aliphatic carbocycles. The second-order valence-electron chi connectivity index (χ2n) is 7.53. The normalized spacial score (nSPS) is 25.6. The molecule has 2 fully saturated rings. The number of rotatable bonds is 4. The summed E-state index contributed by atoms with van der Waals surface area (Å²) in [5, 5.41) is 0. The van der Waals surface area contributed by atoms with Gasteiger partial charge in [-0.25, -0.2) is 0 Å². The third-order valence-corrected chi connectivity index (χ3v) is 5.83. The van der Waals surface area contributed by atoms with Crippen molar-refractivity contribution < 1.29 is 4.79 Å². The van der Waals surface area contributed by atoms with Crippen molar-refractivity contribution in [3.05, 3.63) is 29.8 Å². The topological polar surface area (TPSA) is 49.6 Å². The quantitative estimate of drug-likeness (QED) is 0.864. The molecule has 132 valence electrons. The van der Waals surface area contributed by atoms with Crippen LogP contribution in [0.3, 0.4) is 0 Å². The van der Waals surface area contributed by atoms with E-state index in [-0.39, 0.29) is 5.91 Å². The first-order chi connectivity index (χ1) is 11.6. The minimum absolute atomic E-state index is 0.273. The van der Waals surface area contributed by atoms with Crippen LogP contribution in [0.2, 0.25) is 0 Å². The molecule has 4 heteroatoms. The lowest BCUT2D eigenvalue weighted by molar-refractivity contribution is -0.133. The van der Waals surface area contributed by atoms with Crippen molar-refractivity contribution in [3.8, 4) is 0 Å². The summed E-state index contributed by atoms with van der Waals surface area (Å²) in [6, 6.07) is 8.60. The van der Waals surface area contributed by atoms with Gasteiger partial charge in [0.2, 0.25) is 5.91 Å². The first-order valence-electron chi connectivity index (χ1n) is 9.48. The molecule has 4 nitrogen and oxygen atoms in total. The fraction of sp³-hybridized carbons (Fsp3) is 0.650. The van der Waals surface area contributed by atoms with Crippen LogP contribution in [0.15, 0.2) is 24.3 Å². The molecule has 24 heavy (non-hydrogen) atoms. The maximum atomic E-state index is 12.5. The van der Waals surface area contributed by atoms with Crippen LogP contribution in [0.25, 0.3) is 0 Å². The van der Waals surface area contributed by atoms with Crippen LogP contribution in [0.4, 0.5) is 5.69 Å². The number of amides is 1. The molecule has 2 N–H and O–H groups in total. The van der Waals surface area contributed by atoms with Crippen LogP contribution in [0.1, 0.15) is 44.6 Å². The number of nitrogens with zero attached hydrogens (tertiary/aromatic N) is 2. The number of hydrogen-bond donors (Lipinski definition) is 1. The molecule has 0 spiro atoms. The van der Waals surface area contributed by atoms with E-state index in [9.17, 15) is 4.79 Å². The molecule has 3 rings (SSSR count). The number of anilines is 1. The molecule has 2 aliphatic rings. The van der Waals surface area contributed by atoms with E-state index in [2.05, 4.69) is 11.8 Å². The predicted octanol–water partition coefficient (Wildman–Crippen LogP) is 2.92. The van der Waals surface area contributed by atoms with E-state index in [0.717, 1.165) is 55.8 Å². The van der Waals surface area contributed by atoms with Gasteiger partial charge in [-0.1, -0.05) is 25.1 Å². The van der Waals surface area contributed by atoms with Crippen molar-refractivity contribution in [2.45, 2.75) is 51.5 Å². The van der Waals surface area contributed by atoms with Gasteiger partial charge in [0, 0.05) is 44.3 Å². The van der Waals surface area contributed by atoms with Gasteiger partial charge in [-0.15, -0.1) is 0 Å². The predicted molar refractivity (Wildman–Crippen MR) is 98.7 cm³/mol. The number of carbonyl (C=O) groups excluding carboxylic acids is 1. The first-order valence-corrected chi connectivity index (χ1v) is 9.48. The Morgan fingerprint density at radius 2 is 1.75 bits per heavy atom. The number of carbonyl (C=O) groups is 1. The zero-order valence-electron chi connectivity index (χ0n) is 14.9. The van der Waals surface area contributed by atoms with Gasteiger partial charge in [0.15, 0.2) is 0 Å². The molecule has 1 saturated carbocycles. The molecule has 1 aromatic carbocycles. The summed E-state index contributed by atoms with van der Waals surface area (Å²) in [6.45, 7) is 6.22. The molecular formula is C20H31N3O. The molecule has 1 saturated heterocycles. The van der Waals surface area contributed by atoms with E-state index in [0.29, 0.717) is 6.42 Å². The lowest BCUT2D eigenvalue weighted by Gasteiger charge is -2.41. The lowest BCUT2D eigenvalue weighted by Crippen LogP contribution is -2.52. The standard InChI is InChI=1S/C20H31N3O/c1-16-6-9-18(10-7-16)22-12-14-23(15-13-22)20(24)11-8-17-4-2-3-5-19(17)21/h2-5,16,18H,6-15,21H2,1H3. The SMILES string of the molecule is CC1CCC(N2CCN(C(=O)CCc3ccccc3N)CC2)CC1. The highest BCUT2D eigenvalue weighted by Gasteiger charge is 2.28. The van der Waals surface area contributed by atoms with E-state index in [1.54, 1.807) is 0 Å². The average molecular weight is 329 g/mol. The Kier molecular flexibility index (Phi) is 5.77. The van der Waals surface area contributed by atoms with Gasteiger partial charge in [0.05, 0.1) is 0 Å². The number of aryl methyl sites for hydroxylation is 1. The minimum Gasteiger partial charge on any atom is -0.399 e. The highest BCUT2D eigenvalue weighted by molar-refractivity contribution is 5.76. The Morgan fingerprint density at radius 3 is 2.42 bits per heavy atom. The van der Waals surface area contributed by atoms with Crippen LogP contribution in [-0.2, 0) is 11.2 Å². The number of piperazine rings is 1. The average Bonchev–Trinajstić information content (AvgIpc) is 2.62. The van der Waals surface area contributed by atoms with Crippen LogP contribution in [-0.4, -0.2) is 47.9 Å². The van der Waals surface area contributed by atoms with Crippen molar-refractivity contribution in [1.29, 1.82) is 0 Å². The molecule has 0 bridgehead atoms. The van der Waals surface area contributed by atoms with Crippen LogP contribution < -0.4 is 5.73 Å². The highest BCUT2D eigenvalue weighted by Crippen LogP contribution is 2.27. The molecular weight excluding hydrogens is 298 g/mol. The van der Waals surface area contributed by atoms with Crippen molar-refractivity contribution in [2.75, 3.05) is 31.9 Å². The summed E-state index contributed by atoms with van der Waals surface area (Å²) in [4.78, 5) is 17.1. The molecule has 1 amide bonds. The van der Waals surface area contributed by atoms with Gasteiger partial charge in [0.25, 0.3) is 0 Å². The fourth-order valence-corrected chi connectivity index (χ4v) is 4.11. The van der Waals surface area contributed by atoms with E-state index in [4.69, 9.17) is 5.73 Å². The zero-order valence-corrected chi connectivity index (χ0v) is 14.9. The summed E-state index contributed by atoms with van der Waals surface area (Å²) in [5.41, 5.74) is 7.84. The van der Waals surface area contributed by atoms with E-state index in [1.807, 2.05) is 29.2 Å². The molecule has 1 aliphatic heterocycles. The molecule has 0 aromatic heterocycles. The van der Waals surface area contributed by atoms with E-state index < -0.39 is 0 Å². The van der Waals surface area contributed by atoms with Gasteiger partial charge in [-0.3, -0.25) is 9.69 Å². The third-order valence-electron chi connectivity index (χ3n) is 5.83. The van der Waals surface area contributed by atoms with Crippen LogP contribution in [0.5, 0.6) is 0 Å². The van der Waals surface area contributed by atoms with Crippen LogP contribution in [0, 0.1) is 5.92 Å². The Morgan fingerprint density at radius 1 is 1.08 bits per heavy atom. The summed E-state index contributed by atoms with van der Waals surface area (Å²) < 4.78 is 0. The van der Waals surface area contributed by atoms with Crippen molar-refractivity contribution in [2.24, 2.45) is 5.92 Å². The van der Waals surface area contributed by atoms with Crippen molar-refractivity contribution >= 4 is 11.6 Å². The van der Waals surface area contributed by atoms with Gasteiger partial charge < -0.3 is 10.6 Å². The fourth-order valence-electron chi connectivity index (χ4n) is 4.11. The number of benzene rings is 1. The Bertz CT molecular complexity index is 544. The maximum absolute atomic E-state index is 12.5. The van der Waals surface area contributed by atoms with Gasteiger partial charge in [-0.2, -0.15) is 0 Å². The third kappa shape index (κ3) is 4.29.